The molecule has 1 unspecified atom stereocenters. The normalized spacial score (nSPS) is 14.7. The second-order valence-corrected chi connectivity index (χ2v) is 9.22. The van der Waals surface area contributed by atoms with E-state index in [1.807, 2.05) is 0 Å². The van der Waals surface area contributed by atoms with Crippen molar-refractivity contribution >= 4 is 64.3 Å². The number of nitrogens with zero attached hydrogens (tertiary/aromatic N) is 2. The van der Waals surface area contributed by atoms with Crippen LogP contribution >= 0.6 is 46.4 Å². The van der Waals surface area contributed by atoms with E-state index in [1.54, 1.807) is 24.3 Å². The van der Waals surface area contributed by atoms with Crippen molar-refractivity contribution in [3.63, 3.8) is 0 Å². The first-order chi connectivity index (χ1) is 16.5. The summed E-state index contributed by atoms with van der Waals surface area (Å²) >= 11 is 23.9. The average molecular weight is 560 g/mol. The van der Waals surface area contributed by atoms with E-state index in [0.717, 1.165) is 23.1 Å². The Kier molecular flexibility index (Phi) is 7.16. The summed E-state index contributed by atoms with van der Waals surface area (Å²) in [5.74, 6) is -2.96. The van der Waals surface area contributed by atoms with Crippen LogP contribution in [-0.2, 0) is 6.54 Å². The molecule has 2 heterocycles. The molecule has 0 aliphatic carbocycles. The molecule has 1 aliphatic rings. The van der Waals surface area contributed by atoms with Gasteiger partial charge < -0.3 is 0 Å². The minimum atomic E-state index is -4.64. The van der Waals surface area contributed by atoms with Gasteiger partial charge in [0.1, 0.15) is 0 Å². The Morgan fingerprint density at radius 3 is 2.00 bits per heavy atom. The van der Waals surface area contributed by atoms with Crippen molar-refractivity contribution in [2.45, 2.75) is 18.6 Å². The number of rotatable bonds is 5. The molecule has 4 nitrogen and oxygen atoms in total. The molecule has 0 fully saturated rings. The quantitative estimate of drug-likeness (QED) is 0.236. The summed E-state index contributed by atoms with van der Waals surface area (Å²) in [4.78, 5) is 30.3. The van der Waals surface area contributed by atoms with Crippen LogP contribution in [0.1, 0.15) is 43.5 Å². The van der Waals surface area contributed by atoms with Crippen LogP contribution in [-0.4, -0.2) is 27.9 Å². The molecular weight excluding hydrogens is 547 g/mol. The zero-order valence-corrected chi connectivity index (χ0v) is 20.4. The van der Waals surface area contributed by atoms with Crippen molar-refractivity contribution in [1.29, 1.82) is 0 Å². The molecule has 2 aromatic carbocycles. The number of aromatic nitrogens is 1. The fraction of sp³-hybridized carbons (Fsp3) is 0.125. The first-order valence-electron chi connectivity index (χ1n) is 9.96. The summed E-state index contributed by atoms with van der Waals surface area (Å²) in [7, 11) is 0. The SMILES string of the molecule is O=C1c2ccccc2C(=O)N1Cc1ncc(C=CC(c2cc(Cl)c(Cl)c(Cl)c2)C(F)(F)F)cc1Cl. The predicted octanol–water partition coefficient (Wildman–Crippen LogP) is 7.85. The molecule has 0 radical (unpaired) electrons. The Hall–Kier alpha value is -2.58. The smallest absolute Gasteiger partial charge is 0.269 e. The Bertz CT molecular complexity index is 1320. The van der Waals surface area contributed by atoms with Crippen molar-refractivity contribution in [1.82, 2.24) is 9.88 Å². The third-order valence-electron chi connectivity index (χ3n) is 5.32. The van der Waals surface area contributed by atoms with Crippen LogP contribution in [0.4, 0.5) is 13.2 Å². The van der Waals surface area contributed by atoms with Gasteiger partial charge >= 0.3 is 6.18 Å². The van der Waals surface area contributed by atoms with Crippen LogP contribution in [0.25, 0.3) is 6.08 Å². The number of pyridine rings is 1. The average Bonchev–Trinajstić information content (AvgIpc) is 3.03. The van der Waals surface area contributed by atoms with E-state index in [-0.39, 0.29) is 54.6 Å². The Balaban J connectivity index is 1.57. The summed E-state index contributed by atoms with van der Waals surface area (Å²) in [5.41, 5.74) is 0.889. The number of hydrogen-bond donors (Lipinski definition) is 0. The molecule has 0 spiro atoms. The van der Waals surface area contributed by atoms with Crippen molar-refractivity contribution in [3.05, 3.63) is 103 Å². The number of hydrogen-bond acceptors (Lipinski definition) is 3. The molecule has 2 amide bonds. The highest BCUT2D eigenvalue weighted by atomic mass is 35.5. The van der Waals surface area contributed by atoms with Crippen LogP contribution in [0.5, 0.6) is 0 Å². The van der Waals surface area contributed by atoms with Gasteiger partial charge in [-0.2, -0.15) is 13.2 Å². The number of benzene rings is 2. The van der Waals surface area contributed by atoms with Crippen LogP contribution in [0.2, 0.25) is 20.1 Å². The fourth-order valence-electron chi connectivity index (χ4n) is 3.59. The van der Waals surface area contributed by atoms with Crippen molar-refractivity contribution in [3.8, 4) is 0 Å². The van der Waals surface area contributed by atoms with Gasteiger partial charge in [0, 0.05) is 6.20 Å². The number of imide groups is 1. The zero-order valence-electron chi connectivity index (χ0n) is 17.4. The highest BCUT2D eigenvalue weighted by molar-refractivity contribution is 6.48. The molecule has 3 aromatic rings. The first-order valence-corrected chi connectivity index (χ1v) is 11.5. The molecule has 35 heavy (non-hydrogen) atoms. The Labute approximate surface area is 217 Å². The zero-order chi connectivity index (χ0) is 25.5. The summed E-state index contributed by atoms with van der Waals surface area (Å²) < 4.78 is 41.2. The number of carbonyl (C=O) groups is 2. The first kappa shape index (κ1) is 25.5. The van der Waals surface area contributed by atoms with E-state index in [1.165, 1.54) is 18.3 Å². The van der Waals surface area contributed by atoms with Crippen LogP contribution < -0.4 is 0 Å². The minimum absolute atomic E-state index is 0.0355. The highest BCUT2D eigenvalue weighted by Gasteiger charge is 2.39. The number of fused-ring (bicyclic) bond motifs is 1. The lowest BCUT2D eigenvalue weighted by atomic mass is 9.97. The Morgan fingerprint density at radius 1 is 0.914 bits per heavy atom. The van der Waals surface area contributed by atoms with E-state index < -0.39 is 23.9 Å². The monoisotopic (exact) mass is 558 g/mol. The van der Waals surface area contributed by atoms with Gasteiger partial charge in [-0.05, 0) is 41.5 Å². The molecule has 4 rings (SSSR count). The molecule has 1 aliphatic heterocycles. The topological polar surface area (TPSA) is 50.3 Å². The number of alkyl halides is 3. The molecule has 180 valence electrons. The molecule has 11 heteroatoms. The van der Waals surface area contributed by atoms with E-state index in [4.69, 9.17) is 46.4 Å². The summed E-state index contributed by atoms with van der Waals surface area (Å²) in [6.45, 7) is -0.178. The largest absolute Gasteiger partial charge is 0.399 e. The maximum Gasteiger partial charge on any atom is 0.399 e. The number of allylic oxidation sites excluding steroid dienone is 1. The third kappa shape index (κ3) is 5.19. The predicted molar refractivity (Wildman–Crippen MR) is 129 cm³/mol. The second kappa shape index (κ2) is 9.82. The Morgan fingerprint density at radius 2 is 1.49 bits per heavy atom. The van der Waals surface area contributed by atoms with E-state index >= 15 is 0 Å². The fourth-order valence-corrected chi connectivity index (χ4v) is 4.44. The van der Waals surface area contributed by atoms with Gasteiger partial charge in [-0.25, -0.2) is 0 Å². The number of amides is 2. The third-order valence-corrected chi connectivity index (χ3v) is 6.85. The van der Waals surface area contributed by atoms with Crippen LogP contribution in [0, 0.1) is 0 Å². The van der Waals surface area contributed by atoms with E-state index in [9.17, 15) is 22.8 Å². The second-order valence-electron chi connectivity index (χ2n) is 7.62. The lowest BCUT2D eigenvalue weighted by molar-refractivity contribution is -0.139. The minimum Gasteiger partial charge on any atom is -0.269 e. The van der Waals surface area contributed by atoms with Gasteiger partial charge in [0.2, 0.25) is 0 Å². The molecule has 0 N–H and O–H groups in total. The van der Waals surface area contributed by atoms with Crippen LogP contribution in [0.3, 0.4) is 0 Å². The maximum atomic E-state index is 13.7. The summed E-state index contributed by atoms with van der Waals surface area (Å²) in [5, 5.41) is -0.144. The van der Waals surface area contributed by atoms with E-state index in [0.29, 0.717) is 0 Å². The van der Waals surface area contributed by atoms with E-state index in [2.05, 4.69) is 4.98 Å². The molecule has 1 atom stereocenters. The van der Waals surface area contributed by atoms with Crippen molar-refractivity contribution < 1.29 is 22.8 Å². The lowest BCUT2D eigenvalue weighted by Gasteiger charge is -2.18. The van der Waals surface area contributed by atoms with Crippen LogP contribution in [0.15, 0.2) is 54.7 Å². The molecule has 0 saturated carbocycles. The van der Waals surface area contributed by atoms with Crippen molar-refractivity contribution in [2.24, 2.45) is 0 Å². The standard InChI is InChI=1S/C24H13Cl4F3N2O2/c25-17-7-12(5-6-16(24(29,30)31)13-8-18(26)21(28)19(27)9-13)10-32-20(17)11-33-22(34)14-3-1-2-4-15(14)23(33)35/h1-10,16H,11H2. The highest BCUT2D eigenvalue weighted by Crippen LogP contribution is 2.41. The molecule has 1 aromatic heterocycles. The lowest BCUT2D eigenvalue weighted by Crippen LogP contribution is -2.29. The molecule has 0 saturated heterocycles. The van der Waals surface area contributed by atoms with Crippen molar-refractivity contribution in [2.75, 3.05) is 0 Å². The number of halogens is 7. The molecular formula is C24H13Cl4F3N2O2. The molecule has 0 bridgehead atoms. The van der Waals surface area contributed by atoms with Gasteiger partial charge in [-0.15, -0.1) is 0 Å². The van der Waals surface area contributed by atoms with Gasteiger partial charge in [0.15, 0.2) is 0 Å². The maximum absolute atomic E-state index is 13.7. The number of carbonyl (C=O) groups excluding carboxylic acids is 2. The van der Waals surface area contributed by atoms with Gasteiger partial charge in [0.25, 0.3) is 11.8 Å². The summed E-state index contributed by atoms with van der Waals surface area (Å²) in [6, 6.07) is 10.0. The summed E-state index contributed by atoms with van der Waals surface area (Å²) in [6.07, 6.45) is -1.21. The van der Waals surface area contributed by atoms with Gasteiger partial charge in [-0.1, -0.05) is 70.7 Å². The van der Waals surface area contributed by atoms with Gasteiger partial charge in [0.05, 0.1) is 49.4 Å². The van der Waals surface area contributed by atoms with Gasteiger partial charge in [-0.3, -0.25) is 19.5 Å².